The van der Waals surface area contributed by atoms with Crippen molar-refractivity contribution >= 4 is 11.6 Å². The van der Waals surface area contributed by atoms with Gasteiger partial charge in [-0.1, -0.05) is 12.1 Å². The lowest BCUT2D eigenvalue weighted by Gasteiger charge is -2.28. The molecule has 1 aliphatic heterocycles. The average Bonchev–Trinajstić information content (AvgIpc) is 2.61. The van der Waals surface area contributed by atoms with Crippen molar-refractivity contribution in [2.45, 2.75) is 32.7 Å². The van der Waals surface area contributed by atoms with Gasteiger partial charge in [0.05, 0.1) is 0 Å². The first kappa shape index (κ1) is 16.3. The largest absolute Gasteiger partial charge is 0.372 e. The van der Waals surface area contributed by atoms with Crippen LogP contribution in [0.3, 0.4) is 0 Å². The Balaban J connectivity index is 1.60. The molecule has 0 bridgehead atoms. The van der Waals surface area contributed by atoms with Crippen molar-refractivity contribution in [3.8, 4) is 0 Å². The molecule has 5 heteroatoms. The van der Waals surface area contributed by atoms with E-state index in [0.29, 0.717) is 6.54 Å². The Morgan fingerprint density at radius 2 is 1.79 bits per heavy atom. The molecule has 0 saturated carbocycles. The number of hydrogen-bond acceptors (Lipinski definition) is 3. The molecule has 126 valence electrons. The number of nitrogens with zero attached hydrogens (tertiary/aromatic N) is 1. The Hall–Kier alpha value is -2.56. The highest BCUT2D eigenvalue weighted by Crippen LogP contribution is 2.20. The summed E-state index contributed by atoms with van der Waals surface area (Å²) < 4.78 is 0. The Morgan fingerprint density at radius 1 is 1.08 bits per heavy atom. The maximum atomic E-state index is 12.1. The molecule has 2 aromatic rings. The third kappa shape index (κ3) is 3.85. The molecule has 3 rings (SSSR count). The standard InChI is InChI=1S/C19H23N3O2/c1-14-5-10-17(19(24)21-14)18(23)20-13-15-6-8-16(9-7-15)22-11-3-2-4-12-22/h5-10H,2-4,11-13H2,1H3,(H,20,23)(H,21,24). The molecule has 2 heterocycles. The summed E-state index contributed by atoms with van der Waals surface area (Å²) in [5, 5.41) is 2.80. The molecule has 24 heavy (non-hydrogen) atoms. The third-order valence-corrected chi connectivity index (χ3v) is 4.41. The van der Waals surface area contributed by atoms with E-state index in [-0.39, 0.29) is 17.0 Å². The second-order valence-electron chi connectivity index (χ2n) is 6.28. The quantitative estimate of drug-likeness (QED) is 0.908. The molecule has 0 atom stereocenters. The van der Waals surface area contributed by atoms with Crippen molar-refractivity contribution in [1.82, 2.24) is 10.3 Å². The van der Waals surface area contributed by atoms with Gasteiger partial charge in [-0.25, -0.2) is 0 Å². The van der Waals surface area contributed by atoms with Gasteiger partial charge in [0.25, 0.3) is 11.5 Å². The molecule has 1 fully saturated rings. The van der Waals surface area contributed by atoms with Gasteiger partial charge in [0.1, 0.15) is 5.56 Å². The van der Waals surface area contributed by atoms with Gasteiger partial charge in [-0.3, -0.25) is 9.59 Å². The average molecular weight is 325 g/mol. The highest BCUT2D eigenvalue weighted by molar-refractivity contribution is 5.93. The van der Waals surface area contributed by atoms with Gasteiger partial charge in [0.2, 0.25) is 0 Å². The van der Waals surface area contributed by atoms with E-state index in [9.17, 15) is 9.59 Å². The van der Waals surface area contributed by atoms with Gasteiger partial charge in [0.15, 0.2) is 0 Å². The highest BCUT2D eigenvalue weighted by Gasteiger charge is 2.12. The Labute approximate surface area is 141 Å². The number of benzene rings is 1. The summed E-state index contributed by atoms with van der Waals surface area (Å²) in [7, 11) is 0. The van der Waals surface area contributed by atoms with E-state index in [4.69, 9.17) is 0 Å². The van der Waals surface area contributed by atoms with Gasteiger partial charge in [-0.15, -0.1) is 0 Å². The Bertz CT molecular complexity index is 759. The van der Waals surface area contributed by atoms with Gasteiger partial charge in [-0.05, 0) is 56.0 Å². The maximum Gasteiger partial charge on any atom is 0.260 e. The van der Waals surface area contributed by atoms with E-state index in [1.54, 1.807) is 19.1 Å². The predicted octanol–water partition coefficient (Wildman–Crippen LogP) is 2.60. The number of nitrogens with one attached hydrogen (secondary N) is 2. The molecular formula is C19H23N3O2. The number of piperidine rings is 1. The first-order valence-electron chi connectivity index (χ1n) is 8.45. The van der Waals surface area contributed by atoms with Crippen LogP contribution >= 0.6 is 0 Å². The van der Waals surface area contributed by atoms with Gasteiger partial charge >= 0.3 is 0 Å². The smallest absolute Gasteiger partial charge is 0.260 e. The van der Waals surface area contributed by atoms with Crippen molar-refractivity contribution in [3.63, 3.8) is 0 Å². The van der Waals surface area contributed by atoms with Crippen molar-refractivity contribution < 1.29 is 4.79 Å². The van der Waals surface area contributed by atoms with E-state index in [2.05, 4.69) is 27.3 Å². The minimum atomic E-state index is -0.354. The molecule has 0 spiro atoms. The van der Waals surface area contributed by atoms with Crippen molar-refractivity contribution in [3.05, 3.63) is 63.6 Å². The van der Waals surface area contributed by atoms with Crippen LogP contribution in [0.5, 0.6) is 0 Å². The zero-order chi connectivity index (χ0) is 16.9. The Morgan fingerprint density at radius 3 is 2.46 bits per heavy atom. The van der Waals surface area contributed by atoms with Crippen LogP contribution in [0.2, 0.25) is 0 Å². The fraction of sp³-hybridized carbons (Fsp3) is 0.368. The topological polar surface area (TPSA) is 65.2 Å². The summed E-state index contributed by atoms with van der Waals surface area (Å²) in [5.74, 6) is -0.351. The summed E-state index contributed by atoms with van der Waals surface area (Å²) in [6, 6.07) is 11.6. The molecule has 0 aliphatic carbocycles. The number of carbonyl (C=O) groups excluding carboxylic acids is 1. The first-order chi connectivity index (χ1) is 11.6. The number of rotatable bonds is 4. The van der Waals surface area contributed by atoms with Gasteiger partial charge < -0.3 is 15.2 Å². The second kappa shape index (κ2) is 7.34. The van der Waals surface area contributed by atoms with Crippen molar-refractivity contribution in [1.29, 1.82) is 0 Å². The zero-order valence-corrected chi connectivity index (χ0v) is 14.0. The monoisotopic (exact) mass is 325 g/mol. The summed E-state index contributed by atoms with van der Waals surface area (Å²) in [6.45, 7) is 4.43. The lowest BCUT2D eigenvalue weighted by Crippen LogP contribution is -2.30. The lowest BCUT2D eigenvalue weighted by atomic mass is 10.1. The first-order valence-corrected chi connectivity index (χ1v) is 8.45. The zero-order valence-electron chi connectivity index (χ0n) is 14.0. The fourth-order valence-corrected chi connectivity index (χ4v) is 3.01. The van der Waals surface area contributed by atoms with Crippen LogP contribution < -0.4 is 15.8 Å². The Kier molecular flexibility index (Phi) is 4.99. The van der Waals surface area contributed by atoms with E-state index in [0.717, 1.165) is 24.3 Å². The number of aromatic amines is 1. The van der Waals surface area contributed by atoms with Crippen molar-refractivity contribution in [2.75, 3.05) is 18.0 Å². The molecular weight excluding hydrogens is 302 g/mol. The molecule has 1 amide bonds. The predicted molar refractivity (Wildman–Crippen MR) is 95.5 cm³/mol. The van der Waals surface area contributed by atoms with Crippen LogP contribution in [0.25, 0.3) is 0 Å². The van der Waals surface area contributed by atoms with E-state index >= 15 is 0 Å². The number of aromatic nitrogens is 1. The molecule has 0 unspecified atom stereocenters. The van der Waals surface area contributed by atoms with Crippen LogP contribution in [0.1, 0.15) is 40.9 Å². The fourth-order valence-electron chi connectivity index (χ4n) is 3.01. The SMILES string of the molecule is Cc1ccc(C(=O)NCc2ccc(N3CCCCC3)cc2)c(=O)[nH]1. The number of anilines is 1. The van der Waals surface area contributed by atoms with Crippen LogP contribution in [-0.4, -0.2) is 24.0 Å². The number of pyridine rings is 1. The van der Waals surface area contributed by atoms with Crippen LogP contribution in [0, 0.1) is 6.92 Å². The summed E-state index contributed by atoms with van der Waals surface area (Å²) in [6.07, 6.45) is 3.82. The summed E-state index contributed by atoms with van der Waals surface area (Å²) in [5.41, 5.74) is 2.79. The highest BCUT2D eigenvalue weighted by atomic mass is 16.2. The maximum absolute atomic E-state index is 12.1. The number of hydrogen-bond donors (Lipinski definition) is 2. The molecule has 1 aliphatic rings. The number of aryl methyl sites for hydroxylation is 1. The molecule has 1 saturated heterocycles. The van der Waals surface area contributed by atoms with E-state index < -0.39 is 0 Å². The van der Waals surface area contributed by atoms with Crippen LogP contribution in [0.4, 0.5) is 5.69 Å². The van der Waals surface area contributed by atoms with E-state index in [1.807, 2.05) is 12.1 Å². The normalized spacial score (nSPS) is 14.5. The number of carbonyl (C=O) groups is 1. The summed E-state index contributed by atoms with van der Waals surface area (Å²) >= 11 is 0. The number of amides is 1. The second-order valence-corrected chi connectivity index (χ2v) is 6.28. The van der Waals surface area contributed by atoms with Gasteiger partial charge in [-0.2, -0.15) is 0 Å². The van der Waals surface area contributed by atoms with Crippen molar-refractivity contribution in [2.24, 2.45) is 0 Å². The lowest BCUT2D eigenvalue weighted by molar-refractivity contribution is 0.0949. The van der Waals surface area contributed by atoms with Crippen LogP contribution in [0.15, 0.2) is 41.2 Å². The third-order valence-electron chi connectivity index (χ3n) is 4.41. The molecule has 0 radical (unpaired) electrons. The van der Waals surface area contributed by atoms with Crippen LogP contribution in [-0.2, 0) is 6.54 Å². The number of H-pyrrole nitrogens is 1. The molecule has 1 aromatic heterocycles. The van der Waals surface area contributed by atoms with E-state index in [1.165, 1.54) is 24.9 Å². The molecule has 2 N–H and O–H groups in total. The summed E-state index contributed by atoms with van der Waals surface area (Å²) in [4.78, 5) is 29.0. The molecule has 1 aromatic carbocycles. The molecule has 5 nitrogen and oxygen atoms in total. The minimum Gasteiger partial charge on any atom is -0.372 e. The minimum absolute atomic E-state index is 0.144. The van der Waals surface area contributed by atoms with Gasteiger partial charge in [0, 0.05) is 31.0 Å².